The minimum absolute atomic E-state index is 0.355. The predicted octanol–water partition coefficient (Wildman–Crippen LogP) is 2.55. The average Bonchev–Trinajstić information content (AvgIpc) is 2.04. The fourth-order valence-electron chi connectivity index (χ4n) is 0.545. The van der Waals surface area contributed by atoms with Gasteiger partial charge in [0, 0.05) is 11.8 Å². The second-order valence-electron chi connectivity index (χ2n) is 2.14. The monoisotopic (exact) mass is 174 g/mol. The largest absolute Gasteiger partial charge is 0.388 e. The fourth-order valence-corrected chi connectivity index (χ4v) is 1.13. The summed E-state index contributed by atoms with van der Waals surface area (Å²) in [5.41, 5.74) is 0. The molecule has 0 amide bonds. The molecule has 0 aromatic rings. The van der Waals surface area contributed by atoms with Crippen molar-refractivity contribution in [1.29, 1.82) is 0 Å². The lowest BCUT2D eigenvalue weighted by Gasteiger charge is -1.97. The molecule has 0 saturated heterocycles. The van der Waals surface area contributed by atoms with Gasteiger partial charge in [-0.15, -0.1) is 0 Å². The predicted molar refractivity (Wildman–Crippen MR) is 48.3 cm³/mol. The molecule has 0 unspecified atom stereocenters. The first-order valence-corrected chi connectivity index (χ1v) is 4.68. The van der Waals surface area contributed by atoms with Crippen molar-refractivity contribution in [1.82, 2.24) is 0 Å². The summed E-state index contributed by atoms with van der Waals surface area (Å²) in [6.45, 7) is 5.43. The smallest absolute Gasteiger partial charge is 0.342 e. The van der Waals surface area contributed by atoms with Gasteiger partial charge in [-0.2, -0.15) is 0 Å². The summed E-state index contributed by atoms with van der Waals surface area (Å²) in [7, 11) is 0. The van der Waals surface area contributed by atoms with Gasteiger partial charge in [-0.3, -0.25) is 0 Å². The SMILES string of the molecule is C=CC(=O)OSCCCCC. The summed E-state index contributed by atoms with van der Waals surface area (Å²) < 4.78 is 4.70. The molecule has 2 nitrogen and oxygen atoms in total. The van der Waals surface area contributed by atoms with Gasteiger partial charge in [-0.25, -0.2) is 4.79 Å². The topological polar surface area (TPSA) is 26.3 Å². The van der Waals surface area contributed by atoms with E-state index < -0.39 is 0 Å². The van der Waals surface area contributed by atoms with Crippen LogP contribution in [-0.2, 0) is 8.98 Å². The van der Waals surface area contributed by atoms with E-state index in [0.29, 0.717) is 0 Å². The second kappa shape index (κ2) is 7.66. The first kappa shape index (κ1) is 10.6. The third-order valence-electron chi connectivity index (χ3n) is 1.14. The summed E-state index contributed by atoms with van der Waals surface area (Å²) in [5.74, 6) is 0.527. The van der Waals surface area contributed by atoms with Crippen LogP contribution in [-0.4, -0.2) is 11.7 Å². The zero-order valence-corrected chi connectivity index (χ0v) is 7.65. The van der Waals surface area contributed by atoms with Crippen LogP contribution < -0.4 is 0 Å². The molecule has 0 bridgehead atoms. The minimum Gasteiger partial charge on any atom is -0.388 e. The van der Waals surface area contributed by atoms with Crippen molar-refractivity contribution in [2.75, 3.05) is 5.75 Å². The first-order valence-electron chi connectivity index (χ1n) is 3.77. The molecule has 0 fully saturated rings. The van der Waals surface area contributed by atoms with E-state index >= 15 is 0 Å². The molecule has 0 rings (SSSR count). The van der Waals surface area contributed by atoms with Crippen LogP contribution in [0.3, 0.4) is 0 Å². The van der Waals surface area contributed by atoms with Gasteiger partial charge in [0.15, 0.2) is 0 Å². The van der Waals surface area contributed by atoms with Gasteiger partial charge in [0.2, 0.25) is 0 Å². The minimum atomic E-state index is -0.355. The van der Waals surface area contributed by atoms with Crippen molar-refractivity contribution in [3.63, 3.8) is 0 Å². The van der Waals surface area contributed by atoms with Crippen molar-refractivity contribution < 1.29 is 8.98 Å². The van der Waals surface area contributed by atoms with E-state index in [1.807, 2.05) is 0 Å². The average molecular weight is 174 g/mol. The molecule has 0 N–H and O–H groups in total. The van der Waals surface area contributed by atoms with Crippen LogP contribution in [0.4, 0.5) is 0 Å². The van der Waals surface area contributed by atoms with Crippen molar-refractivity contribution in [2.24, 2.45) is 0 Å². The Labute approximate surface area is 72.2 Å². The van der Waals surface area contributed by atoms with Gasteiger partial charge >= 0.3 is 5.97 Å². The Morgan fingerprint density at radius 1 is 1.64 bits per heavy atom. The maximum Gasteiger partial charge on any atom is 0.342 e. The van der Waals surface area contributed by atoms with E-state index in [0.717, 1.165) is 12.2 Å². The molecule has 0 aromatic carbocycles. The number of carbonyl (C=O) groups is 1. The number of rotatable bonds is 6. The van der Waals surface area contributed by atoms with Gasteiger partial charge in [0.1, 0.15) is 0 Å². The number of hydrogen-bond donors (Lipinski definition) is 0. The molecular formula is C8H14O2S. The van der Waals surface area contributed by atoms with Gasteiger partial charge < -0.3 is 4.18 Å². The van der Waals surface area contributed by atoms with E-state index in [1.165, 1.54) is 31.0 Å². The normalized spacial score (nSPS) is 9.18. The van der Waals surface area contributed by atoms with E-state index in [1.54, 1.807) is 0 Å². The maximum absolute atomic E-state index is 10.5. The molecule has 0 aromatic heterocycles. The zero-order valence-electron chi connectivity index (χ0n) is 6.84. The maximum atomic E-state index is 10.5. The molecule has 0 aliphatic carbocycles. The van der Waals surface area contributed by atoms with Crippen LogP contribution in [0.5, 0.6) is 0 Å². The lowest BCUT2D eigenvalue weighted by molar-refractivity contribution is -0.127. The van der Waals surface area contributed by atoms with Gasteiger partial charge in [0.25, 0.3) is 0 Å². The zero-order chi connectivity index (χ0) is 8.53. The van der Waals surface area contributed by atoms with Gasteiger partial charge in [-0.05, 0) is 6.42 Å². The van der Waals surface area contributed by atoms with Crippen molar-refractivity contribution in [3.8, 4) is 0 Å². The Bertz CT molecular complexity index is 123. The molecule has 64 valence electrons. The summed E-state index contributed by atoms with van der Waals surface area (Å²) >= 11 is 1.21. The summed E-state index contributed by atoms with van der Waals surface area (Å²) in [6, 6.07) is 0. The Morgan fingerprint density at radius 3 is 2.91 bits per heavy atom. The summed E-state index contributed by atoms with van der Waals surface area (Å²) in [5, 5.41) is 0. The van der Waals surface area contributed by atoms with Crippen LogP contribution >= 0.6 is 12.0 Å². The lowest BCUT2D eigenvalue weighted by Crippen LogP contribution is -1.92. The molecule has 11 heavy (non-hydrogen) atoms. The quantitative estimate of drug-likeness (QED) is 0.351. The Balaban J connectivity index is 3.01. The Kier molecular flexibility index (Phi) is 7.36. The van der Waals surface area contributed by atoms with Gasteiger partial charge in [-0.1, -0.05) is 26.3 Å². The van der Waals surface area contributed by atoms with Crippen LogP contribution in [0.15, 0.2) is 12.7 Å². The fraction of sp³-hybridized carbons (Fsp3) is 0.625. The highest BCUT2D eigenvalue weighted by atomic mass is 32.2. The molecular weight excluding hydrogens is 160 g/mol. The van der Waals surface area contributed by atoms with Gasteiger partial charge in [0.05, 0.1) is 12.0 Å². The van der Waals surface area contributed by atoms with E-state index in [9.17, 15) is 4.79 Å². The molecule has 3 heteroatoms. The molecule has 0 spiro atoms. The van der Waals surface area contributed by atoms with Crippen molar-refractivity contribution in [2.45, 2.75) is 26.2 Å². The molecule has 0 aliphatic heterocycles. The summed E-state index contributed by atoms with van der Waals surface area (Å²) in [4.78, 5) is 10.5. The highest BCUT2D eigenvalue weighted by molar-refractivity contribution is 7.95. The van der Waals surface area contributed by atoms with Crippen LogP contribution in [0.2, 0.25) is 0 Å². The van der Waals surface area contributed by atoms with Crippen LogP contribution in [0, 0.1) is 0 Å². The Morgan fingerprint density at radius 2 is 2.36 bits per heavy atom. The van der Waals surface area contributed by atoms with E-state index in [2.05, 4.69) is 13.5 Å². The third kappa shape index (κ3) is 7.46. The molecule has 0 aliphatic rings. The van der Waals surface area contributed by atoms with Crippen LogP contribution in [0.1, 0.15) is 26.2 Å². The first-order chi connectivity index (χ1) is 5.31. The van der Waals surface area contributed by atoms with E-state index in [4.69, 9.17) is 4.18 Å². The van der Waals surface area contributed by atoms with Crippen LogP contribution in [0.25, 0.3) is 0 Å². The van der Waals surface area contributed by atoms with Crippen molar-refractivity contribution >= 4 is 18.0 Å². The molecule has 0 radical (unpaired) electrons. The molecule has 0 atom stereocenters. The number of hydrogen-bond acceptors (Lipinski definition) is 3. The number of unbranched alkanes of at least 4 members (excludes halogenated alkanes) is 2. The highest BCUT2D eigenvalue weighted by Crippen LogP contribution is 2.07. The van der Waals surface area contributed by atoms with Crippen molar-refractivity contribution in [3.05, 3.63) is 12.7 Å². The molecule has 0 heterocycles. The second-order valence-corrected chi connectivity index (χ2v) is 2.95. The highest BCUT2D eigenvalue weighted by Gasteiger charge is 1.95. The van der Waals surface area contributed by atoms with E-state index in [-0.39, 0.29) is 5.97 Å². The molecule has 0 saturated carbocycles. The number of carbonyl (C=O) groups excluding carboxylic acids is 1. The lowest BCUT2D eigenvalue weighted by atomic mass is 10.3. The summed E-state index contributed by atoms with van der Waals surface area (Å²) in [6.07, 6.45) is 4.66. The Hall–Kier alpha value is -0.440. The third-order valence-corrected chi connectivity index (χ3v) is 1.88. The standard InChI is InChI=1S/C8H14O2S/c1-3-5-6-7-11-10-8(9)4-2/h4H,2-3,5-7H2,1H3.